The number of benzene rings is 1. The van der Waals surface area contributed by atoms with E-state index in [2.05, 4.69) is 58.4 Å². The van der Waals surface area contributed by atoms with Crippen molar-refractivity contribution in [3.8, 4) is 28.3 Å². The molecule has 1 fully saturated rings. The lowest BCUT2D eigenvalue weighted by Gasteiger charge is -2.46. The zero-order valence-corrected chi connectivity index (χ0v) is 20.8. The van der Waals surface area contributed by atoms with Crippen LogP contribution in [0.3, 0.4) is 0 Å². The first-order valence-electron chi connectivity index (χ1n) is 11.7. The van der Waals surface area contributed by atoms with Crippen LogP contribution in [0.1, 0.15) is 40.5 Å². The number of rotatable bonds is 4. The minimum absolute atomic E-state index is 0.0531. The molecule has 5 rings (SSSR count). The van der Waals surface area contributed by atoms with Gasteiger partial charge in [-0.15, -0.1) is 0 Å². The van der Waals surface area contributed by atoms with Crippen molar-refractivity contribution in [2.75, 3.05) is 5.32 Å². The molecule has 4 aromatic rings. The zero-order valence-electron chi connectivity index (χ0n) is 20.8. The second-order valence-electron chi connectivity index (χ2n) is 10.2. The van der Waals surface area contributed by atoms with Gasteiger partial charge in [0.2, 0.25) is 0 Å². The number of anilines is 1. The van der Waals surface area contributed by atoms with E-state index in [0.29, 0.717) is 17.3 Å². The van der Waals surface area contributed by atoms with Gasteiger partial charge in [-0.3, -0.25) is 9.78 Å². The fourth-order valence-electron chi connectivity index (χ4n) is 5.05. The van der Waals surface area contributed by atoms with Gasteiger partial charge in [0.15, 0.2) is 5.65 Å². The van der Waals surface area contributed by atoms with Crippen LogP contribution in [0.15, 0.2) is 55.1 Å². The van der Waals surface area contributed by atoms with Gasteiger partial charge in [-0.1, -0.05) is 6.07 Å². The van der Waals surface area contributed by atoms with Crippen LogP contribution < -0.4 is 10.6 Å². The number of phenolic OH excluding ortho intramolecular Hbond substituents is 1. The van der Waals surface area contributed by atoms with Crippen molar-refractivity contribution < 1.29 is 15.0 Å². The molecule has 0 saturated carbocycles. The molecule has 0 aliphatic carbocycles. The topological polar surface area (TPSA) is 138 Å². The lowest BCUT2D eigenvalue weighted by Crippen LogP contribution is -2.60. The molecule has 1 aromatic carbocycles. The van der Waals surface area contributed by atoms with Crippen LogP contribution in [0.4, 0.5) is 5.82 Å². The molecule has 0 atom stereocenters. The number of fused-ring (bicyclic) bond motifs is 1. The number of hydrogen-bond acceptors (Lipinski definition) is 8. The summed E-state index contributed by atoms with van der Waals surface area (Å²) in [4.78, 5) is 21.7. The van der Waals surface area contributed by atoms with E-state index in [-0.39, 0.29) is 23.3 Å². The Bertz CT molecular complexity index is 1330. The molecule has 4 heterocycles. The molecule has 10 heteroatoms. The molecule has 1 saturated heterocycles. The van der Waals surface area contributed by atoms with Gasteiger partial charge in [0.05, 0.1) is 23.8 Å². The molecular formula is C26H31N7O3. The van der Waals surface area contributed by atoms with Crippen LogP contribution in [0.25, 0.3) is 28.2 Å². The minimum Gasteiger partial charge on any atom is -0.507 e. The second-order valence-corrected chi connectivity index (χ2v) is 10.2. The smallest absolute Gasteiger partial charge is 0.290 e. The largest absolute Gasteiger partial charge is 0.507 e. The molecule has 3 aromatic heterocycles. The first-order chi connectivity index (χ1) is 17.1. The summed E-state index contributed by atoms with van der Waals surface area (Å²) in [6.07, 6.45) is 8.94. The third-order valence-corrected chi connectivity index (χ3v) is 6.02. The molecule has 36 heavy (non-hydrogen) atoms. The number of hydrogen-bond donors (Lipinski definition) is 4. The summed E-state index contributed by atoms with van der Waals surface area (Å²) in [5.41, 5.74) is 3.70. The number of carbonyl (C=O) groups is 1. The van der Waals surface area contributed by atoms with E-state index in [0.717, 1.165) is 35.6 Å². The van der Waals surface area contributed by atoms with E-state index in [9.17, 15) is 5.11 Å². The SMILES string of the molecule is CC1(C)CC(Nc2cnc(-c3ccc(-c4ccc5nccn5n4)cc3O)cn2)CC(C)(C)N1.O=CO. The summed E-state index contributed by atoms with van der Waals surface area (Å²) in [7, 11) is 0. The van der Waals surface area contributed by atoms with E-state index in [1.54, 1.807) is 35.4 Å². The summed E-state index contributed by atoms with van der Waals surface area (Å²) >= 11 is 0. The summed E-state index contributed by atoms with van der Waals surface area (Å²) in [6.45, 7) is 8.67. The Morgan fingerprint density at radius 2 is 1.75 bits per heavy atom. The molecule has 1 aliphatic heterocycles. The Balaban J connectivity index is 0.000000967. The van der Waals surface area contributed by atoms with Crippen LogP contribution >= 0.6 is 0 Å². The Hall–Kier alpha value is -4.05. The monoisotopic (exact) mass is 489 g/mol. The highest BCUT2D eigenvalue weighted by Crippen LogP contribution is 2.33. The van der Waals surface area contributed by atoms with Crippen LogP contribution in [0, 0.1) is 0 Å². The number of phenols is 1. The highest BCUT2D eigenvalue weighted by Gasteiger charge is 2.37. The molecule has 0 spiro atoms. The van der Waals surface area contributed by atoms with Crippen LogP contribution in [0.5, 0.6) is 5.75 Å². The third-order valence-electron chi connectivity index (χ3n) is 6.02. The van der Waals surface area contributed by atoms with Crippen molar-refractivity contribution in [2.24, 2.45) is 0 Å². The lowest BCUT2D eigenvalue weighted by atomic mass is 9.79. The summed E-state index contributed by atoms with van der Waals surface area (Å²) in [6, 6.07) is 9.57. The number of imidazole rings is 1. The van der Waals surface area contributed by atoms with Gasteiger partial charge in [0.25, 0.3) is 6.47 Å². The predicted molar refractivity (Wildman–Crippen MR) is 138 cm³/mol. The van der Waals surface area contributed by atoms with Crippen molar-refractivity contribution in [1.29, 1.82) is 0 Å². The van der Waals surface area contributed by atoms with Crippen molar-refractivity contribution in [1.82, 2.24) is 29.9 Å². The fourth-order valence-corrected chi connectivity index (χ4v) is 5.05. The number of nitrogens with zero attached hydrogens (tertiary/aromatic N) is 5. The van der Waals surface area contributed by atoms with Gasteiger partial charge in [0.1, 0.15) is 11.6 Å². The van der Waals surface area contributed by atoms with Crippen molar-refractivity contribution >= 4 is 17.9 Å². The van der Waals surface area contributed by atoms with Gasteiger partial charge < -0.3 is 20.8 Å². The summed E-state index contributed by atoms with van der Waals surface area (Å²) in [5.74, 6) is 0.878. The maximum atomic E-state index is 10.7. The van der Waals surface area contributed by atoms with Gasteiger partial charge in [0, 0.05) is 40.6 Å². The number of nitrogens with one attached hydrogen (secondary N) is 2. The number of aromatic nitrogens is 5. The maximum Gasteiger partial charge on any atom is 0.290 e. The number of carboxylic acid groups (broad SMARTS) is 1. The van der Waals surface area contributed by atoms with Gasteiger partial charge in [-0.05, 0) is 64.8 Å². The average molecular weight is 490 g/mol. The fraction of sp³-hybridized carbons (Fsp3) is 0.346. The molecule has 1 aliphatic rings. The average Bonchev–Trinajstić information content (AvgIpc) is 3.26. The summed E-state index contributed by atoms with van der Waals surface area (Å²) in [5, 5.41) is 29.3. The quantitative estimate of drug-likeness (QED) is 0.314. The molecule has 0 unspecified atom stereocenters. The maximum absolute atomic E-state index is 10.7. The highest BCUT2D eigenvalue weighted by atomic mass is 16.3. The first kappa shape index (κ1) is 25.1. The first-order valence-corrected chi connectivity index (χ1v) is 11.7. The second kappa shape index (κ2) is 9.90. The Morgan fingerprint density at radius 1 is 1.03 bits per heavy atom. The number of piperidine rings is 1. The van der Waals surface area contributed by atoms with E-state index in [1.165, 1.54) is 0 Å². The molecular weight excluding hydrogens is 458 g/mol. The Labute approximate surface area is 209 Å². The standard InChI is InChI=1S/C25H29N7O.CH2O2/c1-24(2)12-17(13-25(3,4)31-24)29-22-15-27-20(14-28-22)18-6-5-16(11-21(18)33)19-7-8-23-26-9-10-32(23)30-19;2-1-3/h5-11,14-15,17,31,33H,12-13H2,1-4H3,(H,28,29);1H,(H,2,3). The number of aromatic hydroxyl groups is 1. The molecule has 188 valence electrons. The van der Waals surface area contributed by atoms with E-state index < -0.39 is 0 Å². The molecule has 0 amide bonds. The van der Waals surface area contributed by atoms with Crippen LogP contribution in [-0.4, -0.2) is 58.4 Å². The molecule has 10 nitrogen and oxygen atoms in total. The van der Waals surface area contributed by atoms with Gasteiger partial charge in [-0.25, -0.2) is 14.5 Å². The lowest BCUT2D eigenvalue weighted by molar-refractivity contribution is -0.122. The van der Waals surface area contributed by atoms with Crippen molar-refractivity contribution in [2.45, 2.75) is 57.7 Å². The van der Waals surface area contributed by atoms with Gasteiger partial charge >= 0.3 is 0 Å². The van der Waals surface area contributed by atoms with Crippen LogP contribution in [-0.2, 0) is 4.79 Å². The van der Waals surface area contributed by atoms with E-state index in [1.807, 2.05) is 24.3 Å². The zero-order chi connectivity index (χ0) is 25.9. The highest BCUT2D eigenvalue weighted by molar-refractivity contribution is 5.73. The Morgan fingerprint density at radius 3 is 2.39 bits per heavy atom. The minimum atomic E-state index is -0.250. The normalized spacial score (nSPS) is 16.7. The van der Waals surface area contributed by atoms with E-state index in [4.69, 9.17) is 9.90 Å². The molecule has 4 N–H and O–H groups in total. The third kappa shape index (κ3) is 5.77. The summed E-state index contributed by atoms with van der Waals surface area (Å²) < 4.78 is 1.71. The van der Waals surface area contributed by atoms with Gasteiger partial charge in [-0.2, -0.15) is 5.10 Å². The van der Waals surface area contributed by atoms with E-state index >= 15 is 0 Å². The Kier molecular flexibility index (Phi) is 6.89. The molecule has 0 bridgehead atoms. The van der Waals surface area contributed by atoms with Crippen molar-refractivity contribution in [3.63, 3.8) is 0 Å². The molecule has 0 radical (unpaired) electrons. The van der Waals surface area contributed by atoms with Crippen LogP contribution in [0.2, 0.25) is 0 Å². The van der Waals surface area contributed by atoms with Crippen molar-refractivity contribution in [3.05, 3.63) is 55.1 Å². The predicted octanol–water partition coefficient (Wildman–Crippen LogP) is 3.98.